The van der Waals surface area contributed by atoms with Crippen LogP contribution in [0, 0.1) is 5.53 Å². The molecule has 4 heteroatoms. The maximum Gasteiger partial charge on any atom is 0.151 e. The van der Waals surface area contributed by atoms with Gasteiger partial charge in [0.05, 0.1) is 0 Å². The number of nitrogens with one attached hydrogen (secondary N) is 1. The summed E-state index contributed by atoms with van der Waals surface area (Å²) >= 11 is 0. The van der Waals surface area contributed by atoms with Crippen LogP contribution in [0.25, 0.3) is 0 Å². The van der Waals surface area contributed by atoms with E-state index in [0.29, 0.717) is 17.4 Å². The standard InChI is InChI=1S/C8H12N4/c1-5(2)6-3-4-11-8(9)7(6)12-10/h3-5,10H,1-2H3,(H2,9,11). The van der Waals surface area contributed by atoms with Crippen molar-refractivity contribution >= 4 is 11.5 Å². The minimum absolute atomic E-state index is 0.319. The lowest BCUT2D eigenvalue weighted by molar-refractivity contribution is 0.858. The summed E-state index contributed by atoms with van der Waals surface area (Å²) in [6.45, 7) is 4.06. The third kappa shape index (κ3) is 1.42. The van der Waals surface area contributed by atoms with Gasteiger partial charge in [-0.15, -0.1) is 0 Å². The largest absolute Gasteiger partial charge is 0.382 e. The summed E-state index contributed by atoms with van der Waals surface area (Å²) in [4.78, 5) is 3.86. The highest BCUT2D eigenvalue weighted by Crippen LogP contribution is 2.29. The van der Waals surface area contributed by atoms with Crippen LogP contribution in [0.2, 0.25) is 0 Å². The molecule has 0 aliphatic rings. The molecule has 0 fully saturated rings. The second-order valence-electron chi connectivity index (χ2n) is 2.90. The van der Waals surface area contributed by atoms with E-state index in [9.17, 15) is 0 Å². The monoisotopic (exact) mass is 164 g/mol. The summed E-state index contributed by atoms with van der Waals surface area (Å²) < 4.78 is 0. The third-order valence-electron chi connectivity index (χ3n) is 1.72. The van der Waals surface area contributed by atoms with Gasteiger partial charge in [0.25, 0.3) is 0 Å². The molecule has 0 saturated carbocycles. The fraction of sp³-hybridized carbons (Fsp3) is 0.375. The molecule has 0 bridgehead atoms. The third-order valence-corrected chi connectivity index (χ3v) is 1.72. The fourth-order valence-corrected chi connectivity index (χ4v) is 1.07. The van der Waals surface area contributed by atoms with Crippen LogP contribution in [-0.2, 0) is 0 Å². The van der Waals surface area contributed by atoms with Crippen molar-refractivity contribution in [3.8, 4) is 0 Å². The van der Waals surface area contributed by atoms with E-state index in [1.54, 1.807) is 6.20 Å². The van der Waals surface area contributed by atoms with Gasteiger partial charge < -0.3 is 5.73 Å². The Hall–Kier alpha value is -1.45. The molecule has 64 valence electrons. The maximum absolute atomic E-state index is 6.92. The highest BCUT2D eigenvalue weighted by Gasteiger charge is 2.08. The Morgan fingerprint density at radius 1 is 1.58 bits per heavy atom. The first-order chi connectivity index (χ1) is 5.66. The Morgan fingerprint density at radius 3 is 2.67 bits per heavy atom. The second-order valence-corrected chi connectivity index (χ2v) is 2.90. The van der Waals surface area contributed by atoms with Gasteiger partial charge in [-0.05, 0) is 17.5 Å². The maximum atomic E-state index is 6.92. The Morgan fingerprint density at radius 2 is 2.25 bits per heavy atom. The van der Waals surface area contributed by atoms with E-state index in [0.717, 1.165) is 5.56 Å². The molecule has 0 spiro atoms. The van der Waals surface area contributed by atoms with Crippen LogP contribution in [0.1, 0.15) is 25.3 Å². The van der Waals surface area contributed by atoms with Crippen molar-refractivity contribution in [1.82, 2.24) is 4.98 Å². The van der Waals surface area contributed by atoms with Crippen LogP contribution >= 0.6 is 0 Å². The van der Waals surface area contributed by atoms with Gasteiger partial charge in [0.1, 0.15) is 5.69 Å². The van der Waals surface area contributed by atoms with Crippen molar-refractivity contribution < 1.29 is 0 Å². The van der Waals surface area contributed by atoms with Crippen molar-refractivity contribution in [1.29, 1.82) is 5.53 Å². The number of hydrogen-bond donors (Lipinski definition) is 2. The van der Waals surface area contributed by atoms with Gasteiger partial charge >= 0.3 is 0 Å². The van der Waals surface area contributed by atoms with Gasteiger partial charge in [-0.25, -0.2) is 10.5 Å². The van der Waals surface area contributed by atoms with Crippen LogP contribution in [0.15, 0.2) is 17.4 Å². The van der Waals surface area contributed by atoms with Crippen LogP contribution in [0.5, 0.6) is 0 Å². The minimum atomic E-state index is 0.319. The minimum Gasteiger partial charge on any atom is -0.382 e. The molecule has 0 aromatic carbocycles. The zero-order chi connectivity index (χ0) is 9.14. The lowest BCUT2D eigenvalue weighted by Gasteiger charge is -2.08. The van der Waals surface area contributed by atoms with E-state index >= 15 is 0 Å². The normalized spacial score (nSPS) is 10.2. The molecular weight excluding hydrogens is 152 g/mol. The van der Waals surface area contributed by atoms with Crippen LogP contribution in [0.4, 0.5) is 11.5 Å². The highest BCUT2D eigenvalue weighted by atomic mass is 15.0. The molecule has 0 atom stereocenters. The molecule has 12 heavy (non-hydrogen) atoms. The number of nitrogen functional groups attached to an aromatic ring is 1. The smallest absolute Gasteiger partial charge is 0.151 e. The summed E-state index contributed by atoms with van der Waals surface area (Å²) in [5.74, 6) is 0.649. The van der Waals surface area contributed by atoms with Crippen molar-refractivity contribution in [3.05, 3.63) is 17.8 Å². The van der Waals surface area contributed by atoms with E-state index in [1.165, 1.54) is 0 Å². The number of anilines is 1. The molecule has 1 heterocycles. The quantitative estimate of drug-likeness (QED) is 0.659. The molecule has 0 unspecified atom stereocenters. The molecular formula is C8H12N4. The Labute approximate surface area is 71.3 Å². The van der Waals surface area contributed by atoms with Gasteiger partial charge in [-0.2, -0.15) is 5.11 Å². The SMILES string of the molecule is CC(C)c1ccnc(N)c1N=N. The predicted molar refractivity (Wildman–Crippen MR) is 47.5 cm³/mol. The van der Waals surface area contributed by atoms with E-state index in [-0.39, 0.29) is 0 Å². The highest BCUT2D eigenvalue weighted by molar-refractivity contribution is 5.62. The number of hydrogen-bond acceptors (Lipinski definition) is 4. The van der Waals surface area contributed by atoms with Gasteiger partial charge in [-0.3, -0.25) is 0 Å². The van der Waals surface area contributed by atoms with Gasteiger partial charge in [-0.1, -0.05) is 13.8 Å². The van der Waals surface area contributed by atoms with Crippen molar-refractivity contribution in [2.75, 3.05) is 5.73 Å². The molecule has 1 aromatic heterocycles. The molecule has 0 aliphatic heterocycles. The van der Waals surface area contributed by atoms with Gasteiger partial charge in [0.15, 0.2) is 5.82 Å². The lowest BCUT2D eigenvalue weighted by Crippen LogP contribution is -1.95. The van der Waals surface area contributed by atoms with Crippen molar-refractivity contribution in [3.63, 3.8) is 0 Å². The van der Waals surface area contributed by atoms with Crippen LogP contribution in [-0.4, -0.2) is 4.98 Å². The van der Waals surface area contributed by atoms with Crippen LogP contribution in [0.3, 0.4) is 0 Å². The summed E-state index contributed by atoms with van der Waals surface area (Å²) in [5.41, 5.74) is 13.9. The zero-order valence-corrected chi connectivity index (χ0v) is 7.20. The topological polar surface area (TPSA) is 75.1 Å². The van der Waals surface area contributed by atoms with Gasteiger partial charge in [0, 0.05) is 6.20 Å². The Balaban J connectivity index is 3.27. The number of nitrogens with two attached hydrogens (primary N) is 1. The average Bonchev–Trinajstić information content (AvgIpc) is 2.03. The molecule has 0 radical (unpaired) electrons. The second kappa shape index (κ2) is 3.30. The first-order valence-corrected chi connectivity index (χ1v) is 3.78. The van der Waals surface area contributed by atoms with E-state index < -0.39 is 0 Å². The van der Waals surface area contributed by atoms with E-state index in [2.05, 4.69) is 10.1 Å². The van der Waals surface area contributed by atoms with Gasteiger partial charge in [0.2, 0.25) is 0 Å². The first-order valence-electron chi connectivity index (χ1n) is 3.78. The molecule has 3 N–H and O–H groups in total. The Bertz CT molecular complexity index is 293. The molecule has 1 rings (SSSR count). The van der Waals surface area contributed by atoms with Crippen molar-refractivity contribution in [2.45, 2.75) is 19.8 Å². The van der Waals surface area contributed by atoms with Crippen molar-refractivity contribution in [2.24, 2.45) is 5.11 Å². The predicted octanol–water partition coefficient (Wildman–Crippen LogP) is 2.45. The molecule has 0 saturated heterocycles. The number of aromatic nitrogens is 1. The zero-order valence-electron chi connectivity index (χ0n) is 7.20. The number of rotatable bonds is 2. The number of pyridine rings is 1. The van der Waals surface area contributed by atoms with Crippen LogP contribution < -0.4 is 5.73 Å². The lowest BCUT2D eigenvalue weighted by atomic mass is 10.0. The van der Waals surface area contributed by atoms with E-state index in [1.807, 2.05) is 19.9 Å². The molecule has 0 aliphatic carbocycles. The molecule has 1 aromatic rings. The summed E-state index contributed by atoms with van der Waals surface area (Å²) in [7, 11) is 0. The Kier molecular flexibility index (Phi) is 2.38. The summed E-state index contributed by atoms with van der Waals surface area (Å²) in [6, 6.07) is 1.84. The molecule has 0 amide bonds. The summed E-state index contributed by atoms with van der Waals surface area (Å²) in [6.07, 6.45) is 1.64. The summed E-state index contributed by atoms with van der Waals surface area (Å²) in [5, 5.41) is 3.35. The average molecular weight is 164 g/mol. The number of nitrogens with zero attached hydrogens (tertiary/aromatic N) is 2. The fourth-order valence-electron chi connectivity index (χ4n) is 1.07. The first kappa shape index (κ1) is 8.64. The molecule has 4 nitrogen and oxygen atoms in total. The van der Waals surface area contributed by atoms with E-state index in [4.69, 9.17) is 11.3 Å².